The van der Waals surface area contributed by atoms with Gasteiger partial charge in [-0.2, -0.15) is 0 Å². The van der Waals surface area contributed by atoms with Gasteiger partial charge in [-0.05, 0) is 19.1 Å². The predicted molar refractivity (Wildman–Crippen MR) is 111 cm³/mol. The average molecular weight is 376 g/mol. The summed E-state index contributed by atoms with van der Waals surface area (Å²) in [4.78, 5) is 32.5. The van der Waals surface area contributed by atoms with Crippen molar-refractivity contribution < 1.29 is 4.79 Å². The minimum atomic E-state index is -0.0155. The number of anilines is 2. The van der Waals surface area contributed by atoms with Crippen LogP contribution in [-0.2, 0) is 0 Å². The molecule has 1 aliphatic heterocycles. The van der Waals surface area contributed by atoms with Crippen molar-refractivity contribution >= 4 is 28.4 Å². The number of carbonyl (C=O) groups is 1. The summed E-state index contributed by atoms with van der Waals surface area (Å²) in [6.45, 7) is 4.67. The van der Waals surface area contributed by atoms with Crippen LogP contribution in [0.1, 0.15) is 16.3 Å². The zero-order chi connectivity index (χ0) is 19.7. The van der Waals surface area contributed by atoms with Crippen LogP contribution in [0.2, 0.25) is 0 Å². The number of aryl methyl sites for hydroxylation is 1. The standard InChI is InChI=1S/C21H24N6O/c1-15-22-19(25(2)3)14-20(23-15)26-10-12-27(13-11-26)21(28)18-9-8-16-6-4-5-7-17(16)24-18/h4-9,14H,10-13H2,1-3H3. The molecule has 1 fully saturated rings. The molecule has 4 rings (SSSR count). The molecule has 1 aromatic carbocycles. The molecule has 1 saturated heterocycles. The summed E-state index contributed by atoms with van der Waals surface area (Å²) in [5.41, 5.74) is 1.35. The number of nitrogens with zero attached hydrogens (tertiary/aromatic N) is 6. The number of rotatable bonds is 3. The molecule has 1 amide bonds. The Hall–Kier alpha value is -3.22. The van der Waals surface area contributed by atoms with Crippen molar-refractivity contribution in [2.45, 2.75) is 6.92 Å². The largest absolute Gasteiger partial charge is 0.363 e. The number of pyridine rings is 1. The van der Waals surface area contributed by atoms with Gasteiger partial charge in [-0.1, -0.05) is 24.3 Å². The van der Waals surface area contributed by atoms with Gasteiger partial charge in [0.25, 0.3) is 5.91 Å². The van der Waals surface area contributed by atoms with Gasteiger partial charge in [0.1, 0.15) is 23.2 Å². The average Bonchev–Trinajstić information content (AvgIpc) is 2.72. The molecule has 0 bridgehead atoms. The molecule has 7 nitrogen and oxygen atoms in total. The van der Waals surface area contributed by atoms with Crippen LogP contribution in [-0.4, -0.2) is 66.0 Å². The molecular weight excluding hydrogens is 352 g/mol. The first-order valence-corrected chi connectivity index (χ1v) is 9.44. The van der Waals surface area contributed by atoms with E-state index in [0.717, 1.165) is 41.5 Å². The third-order valence-corrected chi connectivity index (χ3v) is 4.98. The lowest BCUT2D eigenvalue weighted by molar-refractivity contribution is 0.0741. The number of para-hydroxylation sites is 1. The van der Waals surface area contributed by atoms with E-state index in [4.69, 9.17) is 0 Å². The first-order chi connectivity index (χ1) is 13.5. The van der Waals surface area contributed by atoms with Crippen molar-refractivity contribution in [1.82, 2.24) is 19.9 Å². The third kappa shape index (κ3) is 3.60. The van der Waals surface area contributed by atoms with Gasteiger partial charge < -0.3 is 14.7 Å². The van der Waals surface area contributed by atoms with Crippen LogP contribution in [0.15, 0.2) is 42.5 Å². The van der Waals surface area contributed by atoms with Gasteiger partial charge >= 0.3 is 0 Å². The van der Waals surface area contributed by atoms with Gasteiger partial charge in [0.2, 0.25) is 0 Å². The number of benzene rings is 1. The molecule has 0 radical (unpaired) electrons. The SMILES string of the molecule is Cc1nc(N(C)C)cc(N2CCN(C(=O)c3ccc4ccccc4n3)CC2)n1. The Kier molecular flexibility index (Phi) is 4.81. The minimum absolute atomic E-state index is 0.0155. The molecule has 1 aliphatic rings. The van der Waals surface area contributed by atoms with Crippen LogP contribution < -0.4 is 9.80 Å². The van der Waals surface area contributed by atoms with Gasteiger partial charge in [0.15, 0.2) is 0 Å². The topological polar surface area (TPSA) is 65.5 Å². The van der Waals surface area contributed by atoms with Crippen LogP contribution in [0.4, 0.5) is 11.6 Å². The molecule has 0 saturated carbocycles. The Morgan fingerprint density at radius 3 is 2.46 bits per heavy atom. The molecule has 0 N–H and O–H groups in total. The highest BCUT2D eigenvalue weighted by Gasteiger charge is 2.24. The minimum Gasteiger partial charge on any atom is -0.363 e. The first-order valence-electron chi connectivity index (χ1n) is 9.44. The van der Waals surface area contributed by atoms with E-state index >= 15 is 0 Å². The third-order valence-electron chi connectivity index (χ3n) is 4.98. The Morgan fingerprint density at radius 1 is 0.964 bits per heavy atom. The number of amides is 1. The maximum Gasteiger partial charge on any atom is 0.272 e. The van der Waals surface area contributed by atoms with Crippen molar-refractivity contribution in [1.29, 1.82) is 0 Å². The van der Waals surface area contributed by atoms with Crippen molar-refractivity contribution in [2.24, 2.45) is 0 Å². The summed E-state index contributed by atoms with van der Waals surface area (Å²) in [7, 11) is 3.94. The van der Waals surface area contributed by atoms with Crippen molar-refractivity contribution in [3.63, 3.8) is 0 Å². The Bertz CT molecular complexity index is 1010. The highest BCUT2D eigenvalue weighted by atomic mass is 16.2. The quantitative estimate of drug-likeness (QED) is 0.699. The lowest BCUT2D eigenvalue weighted by Gasteiger charge is -2.35. The molecule has 144 valence electrons. The fraction of sp³-hybridized carbons (Fsp3) is 0.333. The van der Waals surface area contributed by atoms with E-state index in [1.807, 2.05) is 73.3 Å². The lowest BCUT2D eigenvalue weighted by atomic mass is 10.2. The first kappa shape index (κ1) is 18.2. The highest BCUT2D eigenvalue weighted by Crippen LogP contribution is 2.20. The van der Waals surface area contributed by atoms with Crippen molar-refractivity contribution in [2.75, 3.05) is 50.1 Å². The van der Waals surface area contributed by atoms with Gasteiger partial charge in [-0.3, -0.25) is 4.79 Å². The molecule has 3 heterocycles. The normalized spacial score (nSPS) is 14.4. The molecular formula is C21H24N6O. The van der Waals surface area contributed by atoms with Crippen LogP contribution in [0.25, 0.3) is 10.9 Å². The molecule has 7 heteroatoms. The summed E-state index contributed by atoms with van der Waals surface area (Å²) >= 11 is 0. The maximum absolute atomic E-state index is 12.9. The Balaban J connectivity index is 1.47. The zero-order valence-electron chi connectivity index (χ0n) is 16.5. The van der Waals surface area contributed by atoms with Gasteiger partial charge in [0, 0.05) is 51.7 Å². The van der Waals surface area contributed by atoms with Crippen molar-refractivity contribution in [3.8, 4) is 0 Å². The fourth-order valence-corrected chi connectivity index (χ4v) is 3.41. The van der Waals surface area contributed by atoms with E-state index in [-0.39, 0.29) is 5.91 Å². The number of hydrogen-bond acceptors (Lipinski definition) is 6. The zero-order valence-corrected chi connectivity index (χ0v) is 16.5. The van der Waals surface area contributed by atoms with Crippen LogP contribution >= 0.6 is 0 Å². The number of hydrogen-bond donors (Lipinski definition) is 0. The second-order valence-electron chi connectivity index (χ2n) is 7.19. The number of aromatic nitrogens is 3. The Morgan fingerprint density at radius 2 is 1.71 bits per heavy atom. The van der Waals surface area contributed by atoms with E-state index in [1.165, 1.54) is 0 Å². The maximum atomic E-state index is 12.9. The van der Waals surface area contributed by atoms with E-state index in [0.29, 0.717) is 18.8 Å². The second kappa shape index (κ2) is 7.42. The predicted octanol–water partition coefficient (Wildman–Crippen LogP) is 2.36. The van der Waals surface area contributed by atoms with E-state index < -0.39 is 0 Å². The van der Waals surface area contributed by atoms with Gasteiger partial charge in [-0.25, -0.2) is 15.0 Å². The Labute approximate surface area is 164 Å². The number of piperazine rings is 1. The summed E-state index contributed by atoms with van der Waals surface area (Å²) in [5.74, 6) is 2.53. The molecule has 2 aromatic heterocycles. The second-order valence-corrected chi connectivity index (χ2v) is 7.19. The van der Waals surface area contributed by atoms with E-state index in [1.54, 1.807) is 0 Å². The monoisotopic (exact) mass is 376 g/mol. The van der Waals surface area contributed by atoms with Crippen LogP contribution in [0, 0.1) is 6.92 Å². The lowest BCUT2D eigenvalue weighted by Crippen LogP contribution is -2.49. The van der Waals surface area contributed by atoms with Crippen LogP contribution in [0.3, 0.4) is 0 Å². The number of carbonyl (C=O) groups excluding carboxylic acids is 1. The smallest absolute Gasteiger partial charge is 0.272 e. The molecule has 28 heavy (non-hydrogen) atoms. The van der Waals surface area contributed by atoms with Crippen molar-refractivity contribution in [3.05, 3.63) is 54.0 Å². The van der Waals surface area contributed by atoms with E-state index in [2.05, 4.69) is 19.9 Å². The molecule has 0 aliphatic carbocycles. The molecule has 3 aromatic rings. The fourth-order valence-electron chi connectivity index (χ4n) is 3.41. The van der Waals surface area contributed by atoms with E-state index in [9.17, 15) is 4.79 Å². The number of fused-ring (bicyclic) bond motifs is 1. The summed E-state index contributed by atoms with van der Waals surface area (Å²) in [6, 6.07) is 13.6. The summed E-state index contributed by atoms with van der Waals surface area (Å²) in [6.07, 6.45) is 0. The van der Waals surface area contributed by atoms with Crippen LogP contribution in [0.5, 0.6) is 0 Å². The summed E-state index contributed by atoms with van der Waals surface area (Å²) < 4.78 is 0. The highest BCUT2D eigenvalue weighted by molar-refractivity contribution is 5.95. The van der Waals surface area contributed by atoms with Gasteiger partial charge in [-0.15, -0.1) is 0 Å². The summed E-state index contributed by atoms with van der Waals surface area (Å²) in [5, 5.41) is 1.04. The molecule has 0 atom stereocenters. The van der Waals surface area contributed by atoms with Gasteiger partial charge in [0.05, 0.1) is 5.52 Å². The molecule has 0 spiro atoms. The molecule has 0 unspecified atom stereocenters.